The minimum atomic E-state index is 1.20. The molecule has 0 saturated carbocycles. The molecule has 8 heavy (non-hydrogen) atoms. The average molecular weight is 123 g/mol. The first kappa shape index (κ1) is 5.83. The molecule has 1 heterocycles. The summed E-state index contributed by atoms with van der Waals surface area (Å²) >= 11 is 1.71. The summed E-state index contributed by atoms with van der Waals surface area (Å²) in [4.78, 5) is 1.20. The van der Waals surface area contributed by atoms with Crippen LogP contribution in [0.2, 0.25) is 0 Å². The summed E-state index contributed by atoms with van der Waals surface area (Å²) in [7, 11) is 0. The molecule has 1 heteroatoms. The molecule has 0 atom stereocenters. The van der Waals surface area contributed by atoms with E-state index in [1.807, 2.05) is 30.9 Å². The third-order valence-electron chi connectivity index (χ3n) is 0.808. The van der Waals surface area contributed by atoms with Crippen LogP contribution in [-0.4, -0.2) is 0 Å². The standard InChI is InChI=1S/C7H7S/c1-2-4-7-5-3-6-8-7/h2-3,5-6H,1H3. The van der Waals surface area contributed by atoms with Crippen molar-refractivity contribution in [3.63, 3.8) is 0 Å². The highest BCUT2D eigenvalue weighted by Gasteiger charge is 1.88. The van der Waals surface area contributed by atoms with Crippen LogP contribution >= 0.6 is 11.3 Å². The Balaban J connectivity index is 2.50. The zero-order chi connectivity index (χ0) is 5.82. The van der Waals surface area contributed by atoms with Crippen LogP contribution < -0.4 is 0 Å². The monoisotopic (exact) mass is 123 g/mol. The molecule has 0 nitrogen and oxygen atoms in total. The highest BCUT2D eigenvalue weighted by molar-refractivity contribution is 7.10. The highest BCUT2D eigenvalue weighted by atomic mass is 32.1. The van der Waals surface area contributed by atoms with Gasteiger partial charge in [-0.05, 0) is 17.9 Å². The van der Waals surface area contributed by atoms with E-state index in [2.05, 4.69) is 6.42 Å². The molecule has 0 aromatic carbocycles. The Morgan fingerprint density at radius 2 is 2.62 bits per heavy atom. The molecule has 0 fully saturated rings. The van der Waals surface area contributed by atoms with E-state index >= 15 is 0 Å². The summed E-state index contributed by atoms with van der Waals surface area (Å²) in [5.74, 6) is 0. The van der Waals surface area contributed by atoms with Crippen LogP contribution in [0.25, 0.3) is 0 Å². The van der Waals surface area contributed by atoms with Gasteiger partial charge in [-0.1, -0.05) is 13.0 Å². The Labute approximate surface area is 54.2 Å². The van der Waals surface area contributed by atoms with E-state index in [9.17, 15) is 0 Å². The van der Waals surface area contributed by atoms with Crippen LogP contribution in [0.15, 0.2) is 17.5 Å². The maximum absolute atomic E-state index is 3.08. The van der Waals surface area contributed by atoms with Crippen LogP contribution in [0.5, 0.6) is 0 Å². The van der Waals surface area contributed by atoms with Crippen LogP contribution in [0.1, 0.15) is 11.8 Å². The first-order valence-electron chi connectivity index (χ1n) is 2.51. The van der Waals surface area contributed by atoms with Gasteiger partial charge in [0.1, 0.15) is 0 Å². The highest BCUT2D eigenvalue weighted by Crippen LogP contribution is 2.11. The summed E-state index contributed by atoms with van der Waals surface area (Å²) < 4.78 is 0. The van der Waals surface area contributed by atoms with Gasteiger partial charge in [0, 0.05) is 11.3 Å². The minimum Gasteiger partial charge on any atom is -0.148 e. The van der Waals surface area contributed by atoms with Gasteiger partial charge in [0.15, 0.2) is 0 Å². The van der Waals surface area contributed by atoms with E-state index < -0.39 is 0 Å². The Hall–Kier alpha value is -0.300. The van der Waals surface area contributed by atoms with Gasteiger partial charge < -0.3 is 0 Å². The molecule has 0 saturated heterocycles. The average Bonchev–Trinajstić information content (AvgIpc) is 2.19. The van der Waals surface area contributed by atoms with Crippen molar-refractivity contribution in [3.8, 4) is 0 Å². The molecule has 0 aliphatic carbocycles. The van der Waals surface area contributed by atoms with Gasteiger partial charge in [0.2, 0.25) is 0 Å². The normalized spacial score (nSPS) is 9.62. The van der Waals surface area contributed by atoms with Crippen LogP contribution in [-0.2, 0) is 0 Å². The molecule has 1 aromatic heterocycles. The molecule has 1 rings (SSSR count). The minimum absolute atomic E-state index is 1.20. The number of thiophene rings is 1. The molecule has 0 aliphatic heterocycles. The van der Waals surface area contributed by atoms with Crippen LogP contribution in [0, 0.1) is 12.8 Å². The summed E-state index contributed by atoms with van der Waals surface area (Å²) in [5.41, 5.74) is 0. The van der Waals surface area contributed by atoms with Gasteiger partial charge in [-0.2, -0.15) is 0 Å². The van der Waals surface area contributed by atoms with E-state index in [-0.39, 0.29) is 0 Å². The van der Waals surface area contributed by atoms with E-state index in [0.717, 1.165) is 0 Å². The molecule has 0 amide bonds. The molecule has 1 aromatic rings. The van der Waals surface area contributed by atoms with E-state index in [1.165, 1.54) is 4.88 Å². The fourth-order valence-corrected chi connectivity index (χ4v) is 1.15. The summed E-state index contributed by atoms with van der Waals surface area (Å²) in [6.07, 6.45) is 5.00. The second-order valence-corrected chi connectivity index (χ2v) is 2.36. The molecular formula is C7H7S. The molecule has 0 aliphatic rings. The van der Waals surface area contributed by atoms with Gasteiger partial charge >= 0.3 is 0 Å². The topological polar surface area (TPSA) is 0 Å². The fraction of sp³-hybridized carbons (Fsp3) is 0.143. The van der Waals surface area contributed by atoms with Crippen molar-refractivity contribution in [1.29, 1.82) is 0 Å². The summed E-state index contributed by atoms with van der Waals surface area (Å²) in [6.45, 7) is 1.97. The lowest BCUT2D eigenvalue weighted by Crippen LogP contribution is -1.68. The molecular weight excluding hydrogens is 116 g/mol. The molecule has 0 spiro atoms. The van der Waals surface area contributed by atoms with Crippen molar-refractivity contribution in [2.45, 2.75) is 6.92 Å². The maximum Gasteiger partial charge on any atom is 0.0308 e. The van der Waals surface area contributed by atoms with Gasteiger partial charge in [-0.25, -0.2) is 0 Å². The largest absolute Gasteiger partial charge is 0.148 e. The lowest BCUT2D eigenvalue weighted by molar-refractivity contribution is 1.44. The van der Waals surface area contributed by atoms with E-state index in [1.54, 1.807) is 11.3 Å². The summed E-state index contributed by atoms with van der Waals surface area (Å²) in [6, 6.07) is 4.07. The van der Waals surface area contributed by atoms with E-state index in [0.29, 0.717) is 0 Å². The predicted octanol–water partition coefficient (Wildman–Crippen LogP) is 2.40. The second kappa shape index (κ2) is 2.88. The SMILES string of the molecule is C[CH][C]c1cccs1. The second-order valence-electron chi connectivity index (χ2n) is 1.41. The predicted molar refractivity (Wildman–Crippen MR) is 36.6 cm³/mol. The van der Waals surface area contributed by atoms with Gasteiger partial charge in [-0.3, -0.25) is 0 Å². The van der Waals surface area contributed by atoms with Crippen molar-refractivity contribution in [2.24, 2.45) is 0 Å². The number of hydrogen-bond donors (Lipinski definition) is 0. The molecule has 0 unspecified atom stereocenters. The smallest absolute Gasteiger partial charge is 0.0308 e. The van der Waals surface area contributed by atoms with Crippen LogP contribution in [0.4, 0.5) is 0 Å². The van der Waals surface area contributed by atoms with E-state index in [4.69, 9.17) is 0 Å². The lowest BCUT2D eigenvalue weighted by Gasteiger charge is -1.83. The Bertz CT molecular complexity index is 130. The Morgan fingerprint density at radius 1 is 1.75 bits per heavy atom. The number of hydrogen-bond acceptors (Lipinski definition) is 1. The molecule has 41 valence electrons. The number of rotatable bonds is 2. The Kier molecular flexibility index (Phi) is 2.10. The van der Waals surface area contributed by atoms with Gasteiger partial charge in [0.05, 0.1) is 0 Å². The van der Waals surface area contributed by atoms with Crippen molar-refractivity contribution in [1.82, 2.24) is 0 Å². The lowest BCUT2D eigenvalue weighted by atomic mass is 10.3. The van der Waals surface area contributed by atoms with Crippen molar-refractivity contribution in [2.75, 3.05) is 0 Å². The first-order valence-corrected chi connectivity index (χ1v) is 3.39. The first-order chi connectivity index (χ1) is 3.93. The Morgan fingerprint density at radius 3 is 3.12 bits per heavy atom. The van der Waals surface area contributed by atoms with Gasteiger partial charge in [-0.15, -0.1) is 11.3 Å². The fourth-order valence-electron chi connectivity index (χ4n) is 0.503. The quantitative estimate of drug-likeness (QED) is 0.566. The van der Waals surface area contributed by atoms with Crippen molar-refractivity contribution >= 4 is 11.3 Å². The third kappa shape index (κ3) is 1.34. The van der Waals surface area contributed by atoms with Crippen LogP contribution in [0.3, 0.4) is 0 Å². The third-order valence-corrected chi connectivity index (χ3v) is 1.61. The van der Waals surface area contributed by atoms with Crippen molar-refractivity contribution < 1.29 is 0 Å². The molecule has 0 bridgehead atoms. The van der Waals surface area contributed by atoms with Gasteiger partial charge in [0.25, 0.3) is 0 Å². The maximum atomic E-state index is 3.08. The molecule has 3 radical (unpaired) electrons. The zero-order valence-electron chi connectivity index (χ0n) is 4.72. The van der Waals surface area contributed by atoms with Crippen molar-refractivity contribution in [3.05, 3.63) is 35.2 Å². The summed E-state index contributed by atoms with van der Waals surface area (Å²) in [5, 5.41) is 2.05. The molecule has 0 N–H and O–H groups in total. The zero-order valence-corrected chi connectivity index (χ0v) is 5.53.